The van der Waals surface area contributed by atoms with E-state index in [2.05, 4.69) is 124 Å². The molecule has 0 radical (unpaired) electrons. The molecule has 0 spiro atoms. The summed E-state index contributed by atoms with van der Waals surface area (Å²) in [7, 11) is 0. The summed E-state index contributed by atoms with van der Waals surface area (Å²) in [4.78, 5) is 0. The van der Waals surface area contributed by atoms with Gasteiger partial charge in [-0.25, -0.2) is 0 Å². The van der Waals surface area contributed by atoms with E-state index in [4.69, 9.17) is 0 Å². The summed E-state index contributed by atoms with van der Waals surface area (Å²) in [5.41, 5.74) is 3.93. The first-order valence-corrected chi connectivity index (χ1v) is 10.2. The lowest BCUT2D eigenvalue weighted by Crippen LogP contribution is -2.28. The van der Waals surface area contributed by atoms with Crippen LogP contribution in [0.5, 0.6) is 0 Å². The third kappa shape index (κ3) is 3.61. The van der Waals surface area contributed by atoms with Crippen LogP contribution in [0.25, 0.3) is 5.57 Å². The highest BCUT2D eigenvalue weighted by molar-refractivity contribution is 9.25. The lowest BCUT2D eigenvalue weighted by atomic mass is 9.81. The van der Waals surface area contributed by atoms with E-state index >= 15 is 0 Å². The van der Waals surface area contributed by atoms with Crippen LogP contribution < -0.4 is 0 Å². The molecular formula is C18H14Br4. The van der Waals surface area contributed by atoms with Crippen LogP contribution in [0.4, 0.5) is 0 Å². The standard InChI is InChI=1S/C18H14Br4/c19-14-6-9-17(20,10-7-14)16-12-18(21,22)11-8-15(16)13-4-2-1-3-5-13/h1-9,11H,10,12H2. The molecule has 0 nitrogen and oxygen atoms in total. The Balaban J connectivity index is 2.11. The van der Waals surface area contributed by atoms with Crippen molar-refractivity contribution in [1.82, 2.24) is 0 Å². The summed E-state index contributed by atoms with van der Waals surface area (Å²) in [6.45, 7) is 0. The minimum Gasteiger partial charge on any atom is -0.0755 e. The van der Waals surface area contributed by atoms with Gasteiger partial charge in [0.15, 0.2) is 0 Å². The highest BCUT2D eigenvalue weighted by atomic mass is 79.9. The molecule has 2 aliphatic carbocycles. The number of allylic oxidation sites excluding steroid dienone is 8. The van der Waals surface area contributed by atoms with Crippen molar-refractivity contribution in [3.05, 3.63) is 76.3 Å². The summed E-state index contributed by atoms with van der Waals surface area (Å²) in [6, 6.07) is 10.6. The number of hydrogen-bond acceptors (Lipinski definition) is 0. The van der Waals surface area contributed by atoms with Gasteiger partial charge < -0.3 is 0 Å². The molecule has 0 heterocycles. The van der Waals surface area contributed by atoms with E-state index in [-0.39, 0.29) is 7.56 Å². The van der Waals surface area contributed by atoms with E-state index in [1.54, 1.807) is 0 Å². The van der Waals surface area contributed by atoms with Crippen molar-refractivity contribution in [3.63, 3.8) is 0 Å². The van der Waals surface area contributed by atoms with Gasteiger partial charge in [0, 0.05) is 4.48 Å². The smallest absolute Gasteiger partial charge is 0.0755 e. The predicted molar refractivity (Wildman–Crippen MR) is 110 cm³/mol. The Bertz CT molecular complexity index is 695. The van der Waals surface area contributed by atoms with Gasteiger partial charge in [0.05, 0.1) is 4.32 Å². The maximum atomic E-state index is 3.99. The second-order valence-corrected chi connectivity index (χ2v) is 11.7. The Kier molecular flexibility index (Phi) is 5.04. The van der Waals surface area contributed by atoms with Gasteiger partial charge in [-0.2, -0.15) is 0 Å². The van der Waals surface area contributed by atoms with Crippen LogP contribution in [0, 0.1) is 0 Å². The van der Waals surface area contributed by atoms with Gasteiger partial charge in [-0.15, -0.1) is 0 Å². The van der Waals surface area contributed by atoms with Crippen molar-refractivity contribution in [1.29, 1.82) is 0 Å². The van der Waals surface area contributed by atoms with Crippen LogP contribution in [0.15, 0.2) is 70.8 Å². The van der Waals surface area contributed by atoms with Gasteiger partial charge in [0.1, 0.15) is 3.23 Å². The molecule has 1 unspecified atom stereocenters. The molecule has 2 aliphatic rings. The van der Waals surface area contributed by atoms with Crippen LogP contribution >= 0.6 is 63.7 Å². The number of benzene rings is 1. The van der Waals surface area contributed by atoms with Crippen LogP contribution in [0.2, 0.25) is 0 Å². The van der Waals surface area contributed by atoms with E-state index in [1.165, 1.54) is 16.7 Å². The Morgan fingerprint density at radius 1 is 0.909 bits per heavy atom. The Morgan fingerprint density at radius 2 is 1.64 bits per heavy atom. The maximum Gasteiger partial charge on any atom is 0.103 e. The lowest BCUT2D eigenvalue weighted by Gasteiger charge is -2.36. The average Bonchev–Trinajstić information content (AvgIpc) is 2.50. The molecule has 114 valence electrons. The van der Waals surface area contributed by atoms with Crippen LogP contribution in [0.3, 0.4) is 0 Å². The molecule has 0 bridgehead atoms. The van der Waals surface area contributed by atoms with Crippen molar-refractivity contribution >= 4 is 69.3 Å². The van der Waals surface area contributed by atoms with Crippen molar-refractivity contribution in [2.75, 3.05) is 0 Å². The fourth-order valence-corrected chi connectivity index (χ4v) is 4.54. The van der Waals surface area contributed by atoms with Gasteiger partial charge in [-0.3, -0.25) is 0 Å². The molecule has 0 saturated carbocycles. The average molecular weight is 550 g/mol. The Morgan fingerprint density at radius 3 is 2.27 bits per heavy atom. The fraction of sp³-hybridized carbons (Fsp3) is 0.222. The van der Waals surface area contributed by atoms with Crippen LogP contribution in [-0.2, 0) is 0 Å². The minimum absolute atomic E-state index is 0.146. The van der Waals surface area contributed by atoms with Gasteiger partial charge in [-0.1, -0.05) is 124 Å². The molecule has 1 aromatic rings. The topological polar surface area (TPSA) is 0 Å². The highest BCUT2D eigenvalue weighted by Crippen LogP contribution is 2.50. The van der Waals surface area contributed by atoms with Crippen molar-refractivity contribution in [2.45, 2.75) is 20.4 Å². The summed E-state index contributed by atoms with van der Waals surface area (Å²) >= 11 is 15.1. The zero-order valence-electron chi connectivity index (χ0n) is 11.7. The Labute approximate surface area is 165 Å². The molecule has 0 N–H and O–H groups in total. The molecule has 0 saturated heterocycles. The summed E-state index contributed by atoms with van der Waals surface area (Å²) in [5.74, 6) is 0. The molecule has 1 atom stereocenters. The fourth-order valence-electron chi connectivity index (χ4n) is 2.77. The molecule has 0 aromatic heterocycles. The van der Waals surface area contributed by atoms with E-state index in [9.17, 15) is 0 Å². The third-order valence-electron chi connectivity index (χ3n) is 3.92. The van der Waals surface area contributed by atoms with Crippen LogP contribution in [0.1, 0.15) is 18.4 Å². The predicted octanol–water partition coefficient (Wildman–Crippen LogP) is 7.26. The van der Waals surface area contributed by atoms with Gasteiger partial charge in [0.25, 0.3) is 0 Å². The first kappa shape index (κ1) is 16.9. The van der Waals surface area contributed by atoms with E-state index < -0.39 is 0 Å². The van der Waals surface area contributed by atoms with E-state index in [0.29, 0.717) is 0 Å². The molecule has 0 aliphatic heterocycles. The first-order chi connectivity index (χ1) is 10.4. The SMILES string of the molecule is BrC1=CCC(Br)(C2=C(c3ccccc3)C=CC(Br)(Br)C2)C=C1. The maximum absolute atomic E-state index is 3.99. The van der Waals surface area contributed by atoms with Crippen molar-refractivity contribution < 1.29 is 0 Å². The second kappa shape index (κ2) is 6.54. The van der Waals surface area contributed by atoms with Crippen molar-refractivity contribution in [3.8, 4) is 0 Å². The van der Waals surface area contributed by atoms with E-state index in [1.807, 2.05) is 0 Å². The van der Waals surface area contributed by atoms with Crippen molar-refractivity contribution in [2.24, 2.45) is 0 Å². The molecule has 0 fully saturated rings. The quantitative estimate of drug-likeness (QED) is 0.341. The van der Waals surface area contributed by atoms with Crippen LogP contribution in [-0.4, -0.2) is 7.56 Å². The number of halogens is 4. The summed E-state index contributed by atoms with van der Waals surface area (Å²) < 4.78 is 0.813. The van der Waals surface area contributed by atoms with Gasteiger partial charge >= 0.3 is 0 Å². The zero-order valence-corrected chi connectivity index (χ0v) is 18.0. The molecule has 1 aromatic carbocycles. The normalized spacial score (nSPS) is 27.0. The largest absolute Gasteiger partial charge is 0.103 e. The number of hydrogen-bond donors (Lipinski definition) is 0. The first-order valence-electron chi connectivity index (χ1n) is 7.00. The zero-order chi connectivity index (χ0) is 15.8. The molecule has 3 rings (SSSR count). The second-order valence-electron chi connectivity index (χ2n) is 5.52. The summed E-state index contributed by atoms with van der Waals surface area (Å²) in [6.07, 6.45) is 12.8. The molecular weight excluding hydrogens is 536 g/mol. The lowest BCUT2D eigenvalue weighted by molar-refractivity contribution is 0.772. The number of alkyl halides is 3. The molecule has 22 heavy (non-hydrogen) atoms. The van der Waals surface area contributed by atoms with Gasteiger partial charge in [-0.05, 0) is 29.6 Å². The molecule has 4 heteroatoms. The third-order valence-corrected chi connectivity index (χ3v) is 6.66. The van der Waals surface area contributed by atoms with E-state index in [0.717, 1.165) is 17.3 Å². The monoisotopic (exact) mass is 546 g/mol. The number of rotatable bonds is 2. The van der Waals surface area contributed by atoms with Gasteiger partial charge in [0.2, 0.25) is 0 Å². The summed E-state index contributed by atoms with van der Waals surface area (Å²) in [5, 5.41) is 0. The molecule has 0 amide bonds. The highest BCUT2D eigenvalue weighted by Gasteiger charge is 2.37. The Hall–Kier alpha value is 0.1000. The minimum atomic E-state index is -0.180.